The van der Waals surface area contributed by atoms with E-state index in [1.165, 1.54) is 4.88 Å². The van der Waals surface area contributed by atoms with Gasteiger partial charge in [-0.2, -0.15) is 0 Å². The SMILES string of the molecule is CCCC(NC(C)c1ccc(O)c(OC)c1)c1cccs1. The zero-order valence-electron chi connectivity index (χ0n) is 12.8. The minimum Gasteiger partial charge on any atom is -0.504 e. The van der Waals surface area contributed by atoms with Gasteiger partial charge in [-0.15, -0.1) is 11.3 Å². The molecule has 21 heavy (non-hydrogen) atoms. The molecule has 0 aliphatic carbocycles. The quantitative estimate of drug-likeness (QED) is 0.782. The second kappa shape index (κ2) is 7.48. The summed E-state index contributed by atoms with van der Waals surface area (Å²) in [6.07, 6.45) is 2.25. The van der Waals surface area contributed by atoms with Gasteiger partial charge in [0.2, 0.25) is 0 Å². The lowest BCUT2D eigenvalue weighted by Crippen LogP contribution is -2.24. The maximum Gasteiger partial charge on any atom is 0.160 e. The van der Waals surface area contributed by atoms with E-state index in [1.807, 2.05) is 12.1 Å². The molecule has 1 heterocycles. The molecule has 4 heteroatoms. The van der Waals surface area contributed by atoms with Crippen LogP contribution in [0, 0.1) is 0 Å². The molecule has 0 saturated carbocycles. The lowest BCUT2D eigenvalue weighted by atomic mass is 10.0. The molecule has 0 fully saturated rings. The van der Waals surface area contributed by atoms with Gasteiger partial charge in [0.25, 0.3) is 0 Å². The molecule has 0 aliphatic heterocycles. The van der Waals surface area contributed by atoms with Crippen LogP contribution >= 0.6 is 11.3 Å². The van der Waals surface area contributed by atoms with E-state index in [9.17, 15) is 5.11 Å². The van der Waals surface area contributed by atoms with Crippen molar-refractivity contribution in [2.75, 3.05) is 7.11 Å². The number of rotatable bonds is 7. The van der Waals surface area contributed by atoms with Crippen molar-refractivity contribution in [2.24, 2.45) is 0 Å². The van der Waals surface area contributed by atoms with Crippen LogP contribution in [-0.4, -0.2) is 12.2 Å². The zero-order chi connectivity index (χ0) is 15.2. The molecule has 114 valence electrons. The van der Waals surface area contributed by atoms with Crippen molar-refractivity contribution in [1.29, 1.82) is 0 Å². The van der Waals surface area contributed by atoms with Crippen molar-refractivity contribution < 1.29 is 9.84 Å². The lowest BCUT2D eigenvalue weighted by Gasteiger charge is -2.23. The summed E-state index contributed by atoms with van der Waals surface area (Å²) < 4.78 is 5.18. The molecular formula is C17H23NO2S. The Kier molecular flexibility index (Phi) is 5.65. The third-order valence-corrected chi connectivity index (χ3v) is 4.60. The standard InChI is InChI=1S/C17H23NO2S/c1-4-6-14(17-7-5-10-21-17)18-12(2)13-8-9-15(19)16(11-13)20-3/h5,7-12,14,18-19H,4,6H2,1-3H3. The Hall–Kier alpha value is -1.52. The van der Waals surface area contributed by atoms with Gasteiger partial charge in [-0.25, -0.2) is 0 Å². The van der Waals surface area contributed by atoms with Gasteiger partial charge in [0, 0.05) is 17.0 Å². The third-order valence-electron chi connectivity index (χ3n) is 3.62. The average molecular weight is 305 g/mol. The summed E-state index contributed by atoms with van der Waals surface area (Å²) >= 11 is 1.79. The molecular weight excluding hydrogens is 282 g/mol. The summed E-state index contributed by atoms with van der Waals surface area (Å²) in [5, 5.41) is 15.5. The summed E-state index contributed by atoms with van der Waals surface area (Å²) in [7, 11) is 1.57. The van der Waals surface area contributed by atoms with E-state index in [2.05, 4.69) is 36.7 Å². The largest absolute Gasteiger partial charge is 0.504 e. The molecule has 2 N–H and O–H groups in total. The molecule has 0 saturated heterocycles. The van der Waals surface area contributed by atoms with Crippen LogP contribution in [-0.2, 0) is 0 Å². The van der Waals surface area contributed by atoms with Crippen molar-refractivity contribution in [3.8, 4) is 11.5 Å². The Morgan fingerprint density at radius 2 is 2.14 bits per heavy atom. The van der Waals surface area contributed by atoms with Crippen LogP contribution in [0.1, 0.15) is 49.2 Å². The fraction of sp³-hybridized carbons (Fsp3) is 0.412. The Morgan fingerprint density at radius 3 is 2.76 bits per heavy atom. The maximum absolute atomic E-state index is 9.69. The fourth-order valence-corrected chi connectivity index (χ4v) is 3.27. The number of aromatic hydroxyl groups is 1. The van der Waals surface area contributed by atoms with Crippen molar-refractivity contribution in [2.45, 2.75) is 38.8 Å². The summed E-state index contributed by atoms with van der Waals surface area (Å²) in [6.45, 7) is 4.35. The van der Waals surface area contributed by atoms with Gasteiger partial charge in [-0.1, -0.05) is 25.5 Å². The highest BCUT2D eigenvalue weighted by Gasteiger charge is 2.16. The molecule has 0 spiro atoms. The molecule has 3 nitrogen and oxygen atoms in total. The number of phenolic OH excluding ortho intramolecular Hbond substituents is 1. The minimum absolute atomic E-state index is 0.178. The minimum atomic E-state index is 0.178. The first kappa shape index (κ1) is 15.9. The Morgan fingerprint density at radius 1 is 1.33 bits per heavy atom. The molecule has 0 amide bonds. The first-order chi connectivity index (χ1) is 10.2. The lowest BCUT2D eigenvalue weighted by molar-refractivity contribution is 0.371. The molecule has 2 aromatic rings. The van der Waals surface area contributed by atoms with Crippen LogP contribution in [0.4, 0.5) is 0 Å². The van der Waals surface area contributed by atoms with Crippen LogP contribution in [0.15, 0.2) is 35.7 Å². The molecule has 0 aliphatic rings. The number of thiophene rings is 1. The smallest absolute Gasteiger partial charge is 0.160 e. The molecule has 0 radical (unpaired) electrons. The molecule has 2 unspecified atom stereocenters. The number of hydrogen-bond acceptors (Lipinski definition) is 4. The summed E-state index contributed by atoms with van der Waals surface area (Å²) in [6, 6.07) is 10.4. The summed E-state index contributed by atoms with van der Waals surface area (Å²) in [5.41, 5.74) is 1.11. The van der Waals surface area contributed by atoms with Crippen LogP contribution in [0.3, 0.4) is 0 Å². The highest BCUT2D eigenvalue weighted by atomic mass is 32.1. The molecule has 2 rings (SSSR count). The Balaban J connectivity index is 2.13. The Bertz CT molecular complexity index is 554. The van der Waals surface area contributed by atoms with Crippen LogP contribution < -0.4 is 10.1 Å². The number of nitrogens with one attached hydrogen (secondary N) is 1. The number of benzene rings is 1. The zero-order valence-corrected chi connectivity index (χ0v) is 13.6. The highest BCUT2D eigenvalue weighted by Crippen LogP contribution is 2.31. The maximum atomic E-state index is 9.69. The van der Waals surface area contributed by atoms with E-state index in [0.717, 1.165) is 18.4 Å². The van der Waals surface area contributed by atoms with Gasteiger partial charge >= 0.3 is 0 Å². The predicted octanol–water partition coefficient (Wildman–Crippen LogP) is 4.65. The predicted molar refractivity (Wildman–Crippen MR) is 88.2 cm³/mol. The van der Waals surface area contributed by atoms with Gasteiger partial charge in [0.05, 0.1) is 7.11 Å². The van der Waals surface area contributed by atoms with E-state index < -0.39 is 0 Å². The van der Waals surface area contributed by atoms with Gasteiger partial charge < -0.3 is 15.2 Å². The third kappa shape index (κ3) is 3.99. The van der Waals surface area contributed by atoms with Gasteiger partial charge in [-0.3, -0.25) is 0 Å². The highest BCUT2D eigenvalue weighted by molar-refractivity contribution is 7.10. The second-order valence-corrected chi connectivity index (χ2v) is 6.16. The van der Waals surface area contributed by atoms with Gasteiger partial charge in [0.1, 0.15) is 0 Å². The first-order valence-electron chi connectivity index (χ1n) is 7.32. The van der Waals surface area contributed by atoms with Gasteiger partial charge in [-0.05, 0) is 42.5 Å². The van der Waals surface area contributed by atoms with E-state index >= 15 is 0 Å². The molecule has 0 bridgehead atoms. The molecule has 1 aromatic carbocycles. The van der Waals surface area contributed by atoms with Crippen molar-refractivity contribution in [3.05, 3.63) is 46.2 Å². The number of phenols is 1. The average Bonchev–Trinajstić information content (AvgIpc) is 3.01. The number of hydrogen-bond donors (Lipinski definition) is 2. The van der Waals surface area contributed by atoms with E-state index in [1.54, 1.807) is 24.5 Å². The molecule has 2 atom stereocenters. The van der Waals surface area contributed by atoms with E-state index in [-0.39, 0.29) is 11.8 Å². The summed E-state index contributed by atoms with van der Waals surface area (Å²) in [5.74, 6) is 0.695. The monoisotopic (exact) mass is 305 g/mol. The van der Waals surface area contributed by atoms with Crippen LogP contribution in [0.2, 0.25) is 0 Å². The summed E-state index contributed by atoms with van der Waals surface area (Å²) in [4.78, 5) is 1.37. The number of ether oxygens (including phenoxy) is 1. The van der Waals surface area contributed by atoms with Crippen LogP contribution in [0.5, 0.6) is 11.5 Å². The van der Waals surface area contributed by atoms with Crippen molar-refractivity contribution >= 4 is 11.3 Å². The van der Waals surface area contributed by atoms with Crippen molar-refractivity contribution in [3.63, 3.8) is 0 Å². The second-order valence-electron chi connectivity index (χ2n) is 5.18. The van der Waals surface area contributed by atoms with Gasteiger partial charge in [0.15, 0.2) is 11.5 Å². The fourth-order valence-electron chi connectivity index (χ4n) is 2.45. The topological polar surface area (TPSA) is 41.5 Å². The first-order valence-corrected chi connectivity index (χ1v) is 8.20. The van der Waals surface area contributed by atoms with Crippen LogP contribution in [0.25, 0.3) is 0 Å². The van der Waals surface area contributed by atoms with Crippen molar-refractivity contribution in [1.82, 2.24) is 5.32 Å². The normalized spacial score (nSPS) is 13.9. The number of methoxy groups -OCH3 is 1. The Labute approximate surface area is 130 Å². The van der Waals surface area contributed by atoms with E-state index in [0.29, 0.717) is 11.8 Å². The molecule has 1 aromatic heterocycles. The van der Waals surface area contributed by atoms with E-state index in [4.69, 9.17) is 4.74 Å².